The molecule has 0 atom stereocenters. The van der Waals surface area contributed by atoms with Crippen LogP contribution in [0.5, 0.6) is 0 Å². The minimum atomic E-state index is 0.140. The number of nitrogens with one attached hydrogen (secondary N) is 2. The van der Waals surface area contributed by atoms with Gasteiger partial charge >= 0.3 is 0 Å². The van der Waals surface area contributed by atoms with Crippen molar-refractivity contribution in [1.82, 2.24) is 5.32 Å². The van der Waals surface area contributed by atoms with Crippen LogP contribution < -0.4 is 10.6 Å². The predicted octanol–water partition coefficient (Wildman–Crippen LogP) is 6.98. The molecule has 0 radical (unpaired) electrons. The molecule has 2 N–H and O–H groups in total. The SMILES string of the molecule is CCCCCCCCCCCCCCCCNc1ccc(C(=O)CNC)cc1. The van der Waals surface area contributed by atoms with Crippen LogP contribution in [0.4, 0.5) is 5.69 Å². The van der Waals surface area contributed by atoms with Crippen molar-refractivity contribution in [3.8, 4) is 0 Å². The summed E-state index contributed by atoms with van der Waals surface area (Å²) in [4.78, 5) is 11.8. The monoisotopic (exact) mass is 388 g/mol. The quantitative estimate of drug-likeness (QED) is 0.198. The maximum absolute atomic E-state index is 11.8. The topological polar surface area (TPSA) is 41.1 Å². The van der Waals surface area contributed by atoms with Gasteiger partial charge in [0.2, 0.25) is 0 Å². The van der Waals surface area contributed by atoms with E-state index in [1.807, 2.05) is 24.3 Å². The van der Waals surface area contributed by atoms with E-state index in [-0.39, 0.29) is 5.78 Å². The first kappa shape index (κ1) is 24.7. The van der Waals surface area contributed by atoms with E-state index in [9.17, 15) is 4.79 Å². The smallest absolute Gasteiger partial charge is 0.176 e. The Hall–Kier alpha value is -1.35. The molecule has 0 saturated heterocycles. The standard InChI is InChI=1S/C25H44N2O/c1-3-4-5-6-7-8-9-10-11-12-13-14-15-16-21-27-24-19-17-23(18-20-24)25(28)22-26-2/h17-20,26-27H,3-16,21-22H2,1-2H3. The first-order valence-electron chi connectivity index (χ1n) is 11.8. The summed E-state index contributed by atoms with van der Waals surface area (Å²) in [7, 11) is 1.80. The number of carbonyl (C=O) groups excluding carboxylic acids is 1. The first-order chi connectivity index (χ1) is 13.8. The van der Waals surface area contributed by atoms with Crippen molar-refractivity contribution in [2.75, 3.05) is 25.5 Å². The molecule has 3 nitrogen and oxygen atoms in total. The summed E-state index contributed by atoms with van der Waals surface area (Å²) in [6, 6.07) is 7.83. The lowest BCUT2D eigenvalue weighted by atomic mass is 10.0. The summed E-state index contributed by atoms with van der Waals surface area (Å²) in [6.07, 6.45) is 19.5. The Balaban J connectivity index is 1.88. The molecule has 0 aliphatic carbocycles. The maximum Gasteiger partial charge on any atom is 0.176 e. The van der Waals surface area contributed by atoms with Crippen molar-refractivity contribution in [1.29, 1.82) is 0 Å². The third-order valence-electron chi connectivity index (χ3n) is 5.40. The van der Waals surface area contributed by atoms with Gasteiger partial charge in [-0.3, -0.25) is 4.79 Å². The van der Waals surface area contributed by atoms with E-state index in [1.165, 1.54) is 89.9 Å². The Labute approximate surface area is 174 Å². The van der Waals surface area contributed by atoms with Crippen molar-refractivity contribution in [2.24, 2.45) is 0 Å². The van der Waals surface area contributed by atoms with Crippen LogP contribution in [0.2, 0.25) is 0 Å². The van der Waals surface area contributed by atoms with Crippen LogP contribution in [-0.2, 0) is 0 Å². The largest absolute Gasteiger partial charge is 0.385 e. The minimum Gasteiger partial charge on any atom is -0.385 e. The number of Topliss-reactive ketones (excluding diaryl/α,β-unsaturated/α-hetero) is 1. The highest BCUT2D eigenvalue weighted by Gasteiger charge is 2.03. The molecule has 0 bridgehead atoms. The fourth-order valence-electron chi connectivity index (χ4n) is 3.59. The van der Waals surface area contributed by atoms with Gasteiger partial charge in [0.25, 0.3) is 0 Å². The average Bonchev–Trinajstić information content (AvgIpc) is 2.71. The predicted molar refractivity (Wildman–Crippen MR) is 124 cm³/mol. The van der Waals surface area contributed by atoms with E-state index >= 15 is 0 Å². The first-order valence-corrected chi connectivity index (χ1v) is 11.8. The lowest BCUT2D eigenvalue weighted by Gasteiger charge is -2.07. The molecule has 0 heterocycles. The molecule has 0 aliphatic heterocycles. The third kappa shape index (κ3) is 12.9. The van der Waals surface area contributed by atoms with Crippen LogP contribution in [-0.4, -0.2) is 25.9 Å². The Kier molecular flexibility index (Phi) is 15.6. The van der Waals surface area contributed by atoms with Gasteiger partial charge in [-0.15, -0.1) is 0 Å². The number of rotatable bonds is 19. The molecule has 0 unspecified atom stereocenters. The lowest BCUT2D eigenvalue weighted by molar-refractivity contribution is 0.0993. The molecule has 0 saturated carbocycles. The Morgan fingerprint density at radius 2 is 1.18 bits per heavy atom. The van der Waals surface area contributed by atoms with E-state index < -0.39 is 0 Å². The zero-order valence-electron chi connectivity index (χ0n) is 18.5. The van der Waals surface area contributed by atoms with Gasteiger partial charge < -0.3 is 10.6 Å². The molecule has 3 heteroatoms. The summed E-state index contributed by atoms with van der Waals surface area (Å²) >= 11 is 0. The van der Waals surface area contributed by atoms with E-state index in [1.54, 1.807) is 7.05 Å². The second-order valence-corrected chi connectivity index (χ2v) is 8.05. The highest BCUT2D eigenvalue weighted by atomic mass is 16.1. The number of carbonyl (C=O) groups is 1. The van der Waals surface area contributed by atoms with Gasteiger partial charge in [0.1, 0.15) is 0 Å². The van der Waals surface area contributed by atoms with Gasteiger partial charge in [-0.05, 0) is 37.7 Å². The van der Waals surface area contributed by atoms with Gasteiger partial charge in [-0.2, -0.15) is 0 Å². The molecule has 0 fully saturated rings. The summed E-state index contributed by atoms with van der Waals surface area (Å²) in [5, 5.41) is 6.36. The zero-order valence-corrected chi connectivity index (χ0v) is 18.5. The van der Waals surface area contributed by atoms with Crippen LogP contribution in [0.25, 0.3) is 0 Å². The van der Waals surface area contributed by atoms with Crippen molar-refractivity contribution in [2.45, 2.75) is 96.8 Å². The molecule has 1 aromatic rings. The van der Waals surface area contributed by atoms with Crippen LogP contribution >= 0.6 is 0 Å². The van der Waals surface area contributed by atoms with Gasteiger partial charge in [0.05, 0.1) is 6.54 Å². The number of hydrogen-bond donors (Lipinski definition) is 2. The van der Waals surface area contributed by atoms with Gasteiger partial charge in [0, 0.05) is 17.8 Å². The number of hydrogen-bond acceptors (Lipinski definition) is 3. The fraction of sp³-hybridized carbons (Fsp3) is 0.720. The molecule has 0 aromatic heterocycles. The number of likely N-dealkylation sites (N-methyl/N-ethyl adjacent to an activating group) is 1. The summed E-state index contributed by atoms with van der Waals surface area (Å²) in [5.41, 5.74) is 1.88. The second-order valence-electron chi connectivity index (χ2n) is 8.05. The lowest BCUT2D eigenvalue weighted by Crippen LogP contribution is -2.18. The zero-order chi connectivity index (χ0) is 20.3. The molecule has 0 aliphatic rings. The van der Waals surface area contributed by atoms with Crippen LogP contribution in [0.15, 0.2) is 24.3 Å². The van der Waals surface area contributed by atoms with Crippen LogP contribution in [0.1, 0.15) is 107 Å². The van der Waals surface area contributed by atoms with E-state index in [2.05, 4.69) is 17.6 Å². The highest BCUT2D eigenvalue weighted by molar-refractivity contribution is 5.97. The molecule has 1 rings (SSSR count). The van der Waals surface area contributed by atoms with Crippen molar-refractivity contribution in [3.63, 3.8) is 0 Å². The highest BCUT2D eigenvalue weighted by Crippen LogP contribution is 2.14. The van der Waals surface area contributed by atoms with Gasteiger partial charge in [0.15, 0.2) is 5.78 Å². The van der Waals surface area contributed by atoms with Crippen molar-refractivity contribution in [3.05, 3.63) is 29.8 Å². The number of benzene rings is 1. The second kappa shape index (κ2) is 17.7. The van der Waals surface area contributed by atoms with Crippen LogP contribution in [0.3, 0.4) is 0 Å². The average molecular weight is 389 g/mol. The van der Waals surface area contributed by atoms with Crippen molar-refractivity contribution < 1.29 is 4.79 Å². The van der Waals surface area contributed by atoms with Crippen molar-refractivity contribution >= 4 is 11.5 Å². The third-order valence-corrected chi connectivity index (χ3v) is 5.40. The molecular weight excluding hydrogens is 344 g/mol. The van der Waals surface area contributed by atoms with Crippen LogP contribution in [0, 0.1) is 0 Å². The molecule has 160 valence electrons. The Morgan fingerprint density at radius 1 is 0.714 bits per heavy atom. The van der Waals surface area contributed by atoms with E-state index in [0.29, 0.717) is 6.54 Å². The molecular formula is C25H44N2O. The van der Waals surface area contributed by atoms with E-state index in [0.717, 1.165) is 17.8 Å². The summed E-state index contributed by atoms with van der Waals surface area (Å²) in [5.74, 6) is 0.140. The number of ketones is 1. The number of anilines is 1. The summed E-state index contributed by atoms with van der Waals surface area (Å²) in [6.45, 7) is 3.69. The van der Waals surface area contributed by atoms with Gasteiger partial charge in [-0.1, -0.05) is 90.4 Å². The van der Waals surface area contributed by atoms with E-state index in [4.69, 9.17) is 0 Å². The maximum atomic E-state index is 11.8. The fourth-order valence-corrected chi connectivity index (χ4v) is 3.59. The molecule has 0 spiro atoms. The molecule has 28 heavy (non-hydrogen) atoms. The Morgan fingerprint density at radius 3 is 1.64 bits per heavy atom. The molecule has 0 amide bonds. The summed E-state index contributed by atoms with van der Waals surface area (Å²) < 4.78 is 0. The number of unbranched alkanes of at least 4 members (excludes halogenated alkanes) is 13. The Bertz CT molecular complexity index is 484. The normalized spacial score (nSPS) is 10.9. The minimum absolute atomic E-state index is 0.140. The molecule has 1 aromatic carbocycles. The van der Waals surface area contributed by atoms with Gasteiger partial charge in [-0.25, -0.2) is 0 Å².